The molecule has 2 aromatic rings. The maximum absolute atomic E-state index is 12.6. The van der Waals surface area contributed by atoms with Crippen LogP contribution in [0.4, 0.5) is 5.69 Å². The molecule has 0 saturated carbocycles. The number of Topliss-reactive ketones (excluding diaryl/α,β-unsaturated/α-hetero) is 1. The van der Waals surface area contributed by atoms with Gasteiger partial charge in [0.2, 0.25) is 0 Å². The SMILES string of the molecule is CC(=O)c1ccc2c(c1)/C(=C(/NCC(C)C)c1ccoc1)C(=O)N2. The monoisotopic (exact) mass is 324 g/mol. The molecule has 1 amide bonds. The predicted molar refractivity (Wildman–Crippen MR) is 93.4 cm³/mol. The van der Waals surface area contributed by atoms with E-state index in [-0.39, 0.29) is 11.7 Å². The van der Waals surface area contributed by atoms with Gasteiger partial charge in [0.25, 0.3) is 5.91 Å². The molecule has 1 aromatic carbocycles. The summed E-state index contributed by atoms with van der Waals surface area (Å²) < 4.78 is 5.19. The highest BCUT2D eigenvalue weighted by molar-refractivity contribution is 6.36. The molecule has 5 nitrogen and oxygen atoms in total. The summed E-state index contributed by atoms with van der Waals surface area (Å²) in [6.07, 6.45) is 3.18. The van der Waals surface area contributed by atoms with E-state index in [1.807, 2.05) is 6.07 Å². The molecule has 3 rings (SSSR count). The van der Waals surface area contributed by atoms with Crippen molar-refractivity contribution >= 4 is 28.6 Å². The number of hydrogen-bond donors (Lipinski definition) is 2. The molecular formula is C19H20N2O3. The first-order chi connectivity index (χ1) is 11.5. The van der Waals surface area contributed by atoms with Gasteiger partial charge >= 0.3 is 0 Å². The summed E-state index contributed by atoms with van der Waals surface area (Å²) in [5.41, 5.74) is 4.09. The van der Waals surface area contributed by atoms with Crippen molar-refractivity contribution in [3.05, 3.63) is 53.5 Å². The van der Waals surface area contributed by atoms with Gasteiger partial charge in [-0.1, -0.05) is 13.8 Å². The number of amides is 1. The largest absolute Gasteiger partial charge is 0.472 e. The van der Waals surface area contributed by atoms with E-state index in [1.54, 1.807) is 30.7 Å². The Labute approximate surface area is 140 Å². The van der Waals surface area contributed by atoms with E-state index in [0.717, 1.165) is 23.4 Å². The van der Waals surface area contributed by atoms with Gasteiger partial charge in [0.1, 0.15) is 0 Å². The second kappa shape index (κ2) is 6.35. The zero-order valence-electron chi connectivity index (χ0n) is 14.0. The van der Waals surface area contributed by atoms with Gasteiger partial charge in [-0.05, 0) is 37.1 Å². The zero-order chi connectivity index (χ0) is 17.3. The van der Waals surface area contributed by atoms with E-state index >= 15 is 0 Å². The van der Waals surface area contributed by atoms with Gasteiger partial charge < -0.3 is 15.1 Å². The third-order valence-corrected chi connectivity index (χ3v) is 3.92. The van der Waals surface area contributed by atoms with Crippen molar-refractivity contribution in [2.75, 3.05) is 11.9 Å². The van der Waals surface area contributed by atoms with Gasteiger partial charge in [-0.3, -0.25) is 9.59 Å². The van der Waals surface area contributed by atoms with Crippen LogP contribution in [0.3, 0.4) is 0 Å². The zero-order valence-corrected chi connectivity index (χ0v) is 14.0. The Bertz CT molecular complexity index is 817. The fraction of sp³-hybridized carbons (Fsp3) is 0.263. The number of benzene rings is 1. The van der Waals surface area contributed by atoms with Crippen LogP contribution in [0.5, 0.6) is 0 Å². The number of furan rings is 1. The van der Waals surface area contributed by atoms with Crippen LogP contribution in [-0.4, -0.2) is 18.2 Å². The van der Waals surface area contributed by atoms with Gasteiger partial charge in [0.15, 0.2) is 5.78 Å². The maximum Gasteiger partial charge on any atom is 0.258 e. The average Bonchev–Trinajstić information content (AvgIpc) is 3.15. The van der Waals surface area contributed by atoms with Gasteiger partial charge in [-0.15, -0.1) is 0 Å². The summed E-state index contributed by atoms with van der Waals surface area (Å²) in [6, 6.07) is 7.08. The number of ketones is 1. The summed E-state index contributed by atoms with van der Waals surface area (Å²) >= 11 is 0. The minimum atomic E-state index is -0.182. The van der Waals surface area contributed by atoms with E-state index < -0.39 is 0 Å². The predicted octanol–water partition coefficient (Wildman–Crippen LogP) is 3.55. The van der Waals surface area contributed by atoms with E-state index in [2.05, 4.69) is 24.5 Å². The Morgan fingerprint density at radius 3 is 2.67 bits per heavy atom. The topological polar surface area (TPSA) is 71.3 Å². The van der Waals surface area contributed by atoms with Gasteiger partial charge in [-0.2, -0.15) is 0 Å². The summed E-state index contributed by atoms with van der Waals surface area (Å²) in [7, 11) is 0. The number of carbonyl (C=O) groups is 2. The maximum atomic E-state index is 12.6. The van der Waals surface area contributed by atoms with Crippen molar-refractivity contribution in [3.8, 4) is 0 Å². The molecule has 0 spiro atoms. The smallest absolute Gasteiger partial charge is 0.258 e. The molecule has 0 atom stereocenters. The fourth-order valence-electron chi connectivity index (χ4n) is 2.68. The minimum absolute atomic E-state index is 0.0310. The standard InChI is InChI=1S/C19H20N2O3/c1-11(2)9-20-18(14-6-7-24-10-14)17-15-8-13(12(3)22)4-5-16(15)21-19(17)23/h4-8,10-11,20H,9H2,1-3H3,(H,21,23)/b18-17-. The first-order valence-corrected chi connectivity index (χ1v) is 7.94. The molecular weight excluding hydrogens is 304 g/mol. The van der Waals surface area contributed by atoms with Gasteiger partial charge in [-0.25, -0.2) is 0 Å². The minimum Gasteiger partial charge on any atom is -0.472 e. The van der Waals surface area contributed by atoms with E-state index in [9.17, 15) is 9.59 Å². The molecule has 1 aliphatic rings. The number of anilines is 1. The van der Waals surface area contributed by atoms with Crippen LogP contribution in [0.25, 0.3) is 11.3 Å². The first kappa shape index (κ1) is 16.1. The Hall–Kier alpha value is -2.82. The molecule has 0 saturated heterocycles. The van der Waals surface area contributed by atoms with E-state index in [0.29, 0.717) is 22.7 Å². The lowest BCUT2D eigenvalue weighted by Crippen LogP contribution is -2.21. The highest BCUT2D eigenvalue weighted by Gasteiger charge is 2.29. The highest BCUT2D eigenvalue weighted by atomic mass is 16.3. The molecule has 0 aliphatic carbocycles. The average molecular weight is 324 g/mol. The quantitative estimate of drug-likeness (QED) is 0.652. The number of hydrogen-bond acceptors (Lipinski definition) is 4. The van der Waals surface area contributed by atoms with Crippen LogP contribution < -0.4 is 10.6 Å². The second-order valence-electron chi connectivity index (χ2n) is 6.31. The molecule has 1 aromatic heterocycles. The van der Waals surface area contributed by atoms with Crippen molar-refractivity contribution in [1.82, 2.24) is 5.32 Å². The number of nitrogens with one attached hydrogen (secondary N) is 2. The lowest BCUT2D eigenvalue weighted by atomic mass is 9.98. The molecule has 0 radical (unpaired) electrons. The van der Waals surface area contributed by atoms with Gasteiger partial charge in [0.05, 0.1) is 23.8 Å². The highest BCUT2D eigenvalue weighted by Crippen LogP contribution is 2.37. The van der Waals surface area contributed by atoms with Crippen LogP contribution in [0.15, 0.2) is 41.2 Å². The lowest BCUT2D eigenvalue weighted by Gasteiger charge is -2.14. The van der Waals surface area contributed by atoms with Crippen molar-refractivity contribution in [1.29, 1.82) is 0 Å². The van der Waals surface area contributed by atoms with E-state index in [1.165, 1.54) is 6.92 Å². The number of fused-ring (bicyclic) bond motifs is 1. The van der Waals surface area contributed by atoms with Crippen molar-refractivity contribution in [2.24, 2.45) is 5.92 Å². The Morgan fingerprint density at radius 2 is 2.04 bits per heavy atom. The first-order valence-electron chi connectivity index (χ1n) is 7.94. The summed E-state index contributed by atoms with van der Waals surface area (Å²) in [5, 5.41) is 6.22. The van der Waals surface area contributed by atoms with Crippen LogP contribution in [-0.2, 0) is 4.79 Å². The van der Waals surface area contributed by atoms with Crippen LogP contribution in [0, 0.1) is 5.92 Å². The third kappa shape index (κ3) is 2.97. The second-order valence-corrected chi connectivity index (χ2v) is 6.31. The van der Waals surface area contributed by atoms with Crippen molar-refractivity contribution in [3.63, 3.8) is 0 Å². The molecule has 2 heterocycles. The Kier molecular flexibility index (Phi) is 4.25. The molecule has 0 bridgehead atoms. The Morgan fingerprint density at radius 1 is 1.25 bits per heavy atom. The van der Waals surface area contributed by atoms with E-state index in [4.69, 9.17) is 4.42 Å². The van der Waals surface area contributed by atoms with Crippen LogP contribution in [0.2, 0.25) is 0 Å². The van der Waals surface area contributed by atoms with Crippen LogP contribution >= 0.6 is 0 Å². The lowest BCUT2D eigenvalue weighted by molar-refractivity contribution is -0.110. The molecule has 24 heavy (non-hydrogen) atoms. The Balaban J connectivity index is 2.16. The van der Waals surface area contributed by atoms with Crippen molar-refractivity contribution in [2.45, 2.75) is 20.8 Å². The number of carbonyl (C=O) groups excluding carboxylic acids is 2. The third-order valence-electron chi connectivity index (χ3n) is 3.92. The van der Waals surface area contributed by atoms with Crippen LogP contribution in [0.1, 0.15) is 42.3 Å². The fourth-order valence-corrected chi connectivity index (χ4v) is 2.68. The summed E-state index contributed by atoms with van der Waals surface area (Å²) in [4.78, 5) is 24.3. The normalized spacial score (nSPS) is 15.2. The molecule has 0 unspecified atom stereocenters. The molecule has 5 heteroatoms. The van der Waals surface area contributed by atoms with Gasteiger partial charge in [0, 0.05) is 28.9 Å². The summed E-state index contributed by atoms with van der Waals surface area (Å²) in [5.74, 6) is 0.203. The molecule has 124 valence electrons. The molecule has 0 fully saturated rings. The molecule has 2 N–H and O–H groups in total. The summed E-state index contributed by atoms with van der Waals surface area (Å²) in [6.45, 7) is 6.44. The number of rotatable bonds is 5. The van der Waals surface area contributed by atoms with Crippen molar-refractivity contribution < 1.29 is 14.0 Å². The molecule has 1 aliphatic heterocycles.